The second-order valence-corrected chi connectivity index (χ2v) is 8.76. The molecular weight excluding hydrogens is 454 g/mol. The summed E-state index contributed by atoms with van der Waals surface area (Å²) in [6, 6.07) is 23.6. The first-order chi connectivity index (χ1) is 17.5. The summed E-state index contributed by atoms with van der Waals surface area (Å²) in [5.74, 6) is -0.747. The highest BCUT2D eigenvalue weighted by molar-refractivity contribution is 5.96. The van der Waals surface area contributed by atoms with Crippen molar-refractivity contribution in [3.63, 3.8) is 0 Å². The number of aromatic nitrogens is 3. The Kier molecular flexibility index (Phi) is 7.90. The molecule has 0 atom stereocenters. The Morgan fingerprint density at radius 1 is 0.861 bits per heavy atom. The smallest absolute Gasteiger partial charge is 0.353 e. The normalized spacial score (nSPS) is 10.9. The number of carbonyl (C=O) groups is 2. The number of hydrogen-bond acceptors (Lipinski definition) is 4. The number of rotatable bonds is 10. The van der Waals surface area contributed by atoms with Crippen LogP contribution >= 0.6 is 0 Å². The van der Waals surface area contributed by atoms with Gasteiger partial charge in [0.15, 0.2) is 0 Å². The number of carboxylic acids is 1. The van der Waals surface area contributed by atoms with E-state index < -0.39 is 11.7 Å². The molecule has 1 aromatic heterocycles. The van der Waals surface area contributed by atoms with Gasteiger partial charge in [-0.25, -0.2) is 9.59 Å². The molecule has 0 amide bonds. The second-order valence-electron chi connectivity index (χ2n) is 8.76. The van der Waals surface area contributed by atoms with Crippen molar-refractivity contribution in [3.8, 4) is 11.1 Å². The molecule has 3 aromatic carbocycles. The molecule has 0 saturated carbocycles. The first-order valence-electron chi connectivity index (χ1n) is 12.2. The van der Waals surface area contributed by atoms with Crippen LogP contribution in [0.25, 0.3) is 11.1 Å². The van der Waals surface area contributed by atoms with Gasteiger partial charge in [0.2, 0.25) is 0 Å². The number of aromatic carboxylic acids is 1. The Balaban J connectivity index is 1.61. The van der Waals surface area contributed by atoms with Gasteiger partial charge < -0.3 is 5.11 Å². The number of unbranched alkanes of at least 4 members (excludes halogenated alkanes) is 2. The number of carboxylic acid groups (broad SMARTS) is 1. The van der Waals surface area contributed by atoms with E-state index in [0.29, 0.717) is 17.8 Å². The first kappa shape index (κ1) is 24.9. The SMILES string of the molecule is CCCCCc1nn(C(=O)Cc2ccccc2)c(=O)n1Cc1ccc(-c2ccccc2C(=O)O)cc1. The molecule has 1 heterocycles. The molecule has 7 heteroatoms. The highest BCUT2D eigenvalue weighted by Gasteiger charge is 2.19. The van der Waals surface area contributed by atoms with Crippen molar-refractivity contribution in [2.75, 3.05) is 0 Å². The first-order valence-corrected chi connectivity index (χ1v) is 12.2. The lowest BCUT2D eigenvalue weighted by Crippen LogP contribution is -2.31. The largest absolute Gasteiger partial charge is 0.478 e. The van der Waals surface area contributed by atoms with Crippen LogP contribution < -0.4 is 5.69 Å². The van der Waals surface area contributed by atoms with E-state index in [2.05, 4.69) is 12.0 Å². The monoisotopic (exact) mass is 483 g/mol. The van der Waals surface area contributed by atoms with Gasteiger partial charge in [-0.3, -0.25) is 9.36 Å². The fourth-order valence-electron chi connectivity index (χ4n) is 4.22. The number of carbonyl (C=O) groups excluding carboxylic acids is 1. The van der Waals surface area contributed by atoms with E-state index in [9.17, 15) is 19.5 Å². The van der Waals surface area contributed by atoms with Crippen LogP contribution in [0.3, 0.4) is 0 Å². The molecule has 0 fully saturated rings. The fraction of sp³-hybridized carbons (Fsp3) is 0.241. The van der Waals surface area contributed by atoms with Crippen molar-refractivity contribution < 1.29 is 14.7 Å². The molecule has 184 valence electrons. The van der Waals surface area contributed by atoms with Crippen molar-refractivity contribution >= 4 is 11.9 Å². The van der Waals surface area contributed by atoms with E-state index in [1.54, 1.807) is 28.8 Å². The summed E-state index contributed by atoms with van der Waals surface area (Å²) in [4.78, 5) is 37.7. The van der Waals surface area contributed by atoms with Gasteiger partial charge in [-0.05, 0) is 34.7 Å². The Morgan fingerprint density at radius 2 is 1.56 bits per heavy atom. The maximum Gasteiger partial charge on any atom is 0.353 e. The van der Waals surface area contributed by atoms with Crippen LogP contribution in [0.4, 0.5) is 0 Å². The average Bonchev–Trinajstić information content (AvgIpc) is 3.20. The predicted molar refractivity (Wildman–Crippen MR) is 138 cm³/mol. The number of hydrogen-bond donors (Lipinski definition) is 1. The zero-order valence-corrected chi connectivity index (χ0v) is 20.3. The molecule has 4 aromatic rings. The summed E-state index contributed by atoms with van der Waals surface area (Å²) >= 11 is 0. The van der Waals surface area contributed by atoms with Crippen LogP contribution in [-0.4, -0.2) is 31.3 Å². The van der Waals surface area contributed by atoms with Gasteiger partial charge in [0.25, 0.3) is 5.91 Å². The highest BCUT2D eigenvalue weighted by atomic mass is 16.4. The highest BCUT2D eigenvalue weighted by Crippen LogP contribution is 2.24. The maximum atomic E-state index is 13.2. The molecule has 36 heavy (non-hydrogen) atoms. The Hall–Kier alpha value is -4.26. The van der Waals surface area contributed by atoms with E-state index in [1.807, 2.05) is 54.6 Å². The summed E-state index contributed by atoms with van der Waals surface area (Å²) in [6.07, 6.45) is 3.64. The van der Waals surface area contributed by atoms with Gasteiger partial charge in [0.1, 0.15) is 5.82 Å². The van der Waals surface area contributed by atoms with Crippen molar-refractivity contribution in [1.82, 2.24) is 14.3 Å². The van der Waals surface area contributed by atoms with Crippen molar-refractivity contribution in [3.05, 3.63) is 112 Å². The Bertz CT molecular complexity index is 1400. The van der Waals surface area contributed by atoms with E-state index in [0.717, 1.165) is 40.6 Å². The summed E-state index contributed by atoms with van der Waals surface area (Å²) in [5, 5.41) is 13.9. The molecule has 0 unspecified atom stereocenters. The molecular formula is C29H29N3O4. The Labute approximate surface area is 209 Å². The summed E-state index contributed by atoms with van der Waals surface area (Å²) in [7, 11) is 0. The summed E-state index contributed by atoms with van der Waals surface area (Å²) in [5.41, 5.74) is 2.89. The standard InChI is InChI=1S/C29H29N3O4/c1-2-3-5-14-26-30-32(27(33)19-21-10-6-4-7-11-21)29(36)31(26)20-22-15-17-23(18-16-22)24-12-8-9-13-25(24)28(34)35/h4,6-13,15-18H,2-3,5,14,19-20H2,1H3,(H,34,35). The number of aryl methyl sites for hydroxylation is 1. The maximum absolute atomic E-state index is 13.2. The quantitative estimate of drug-likeness (QED) is 0.318. The van der Waals surface area contributed by atoms with Gasteiger partial charge in [0, 0.05) is 6.42 Å². The molecule has 4 rings (SSSR count). The molecule has 0 saturated heterocycles. The summed E-state index contributed by atoms with van der Waals surface area (Å²) < 4.78 is 2.56. The molecule has 0 radical (unpaired) electrons. The lowest BCUT2D eigenvalue weighted by atomic mass is 9.99. The van der Waals surface area contributed by atoms with Gasteiger partial charge >= 0.3 is 11.7 Å². The minimum atomic E-state index is -0.981. The van der Waals surface area contributed by atoms with Crippen LogP contribution in [-0.2, 0) is 19.4 Å². The molecule has 0 aliphatic heterocycles. The zero-order valence-electron chi connectivity index (χ0n) is 20.3. The van der Waals surface area contributed by atoms with Gasteiger partial charge in [-0.2, -0.15) is 0 Å². The summed E-state index contributed by atoms with van der Waals surface area (Å²) in [6.45, 7) is 2.39. The average molecular weight is 484 g/mol. The van der Waals surface area contributed by atoms with Crippen molar-refractivity contribution in [2.24, 2.45) is 0 Å². The van der Waals surface area contributed by atoms with Gasteiger partial charge in [-0.15, -0.1) is 9.78 Å². The molecule has 0 aliphatic rings. The van der Waals surface area contributed by atoms with E-state index in [4.69, 9.17) is 0 Å². The van der Waals surface area contributed by atoms with E-state index in [-0.39, 0.29) is 24.4 Å². The third kappa shape index (κ3) is 5.68. The molecule has 7 nitrogen and oxygen atoms in total. The third-order valence-corrected chi connectivity index (χ3v) is 6.14. The third-order valence-electron chi connectivity index (χ3n) is 6.14. The minimum Gasteiger partial charge on any atom is -0.478 e. The fourth-order valence-corrected chi connectivity index (χ4v) is 4.22. The predicted octanol–water partition coefficient (Wildman–Crippen LogP) is 5.07. The van der Waals surface area contributed by atoms with Crippen LogP contribution in [0.5, 0.6) is 0 Å². The molecule has 0 bridgehead atoms. The van der Waals surface area contributed by atoms with Crippen LogP contribution in [0.1, 0.15) is 58.3 Å². The van der Waals surface area contributed by atoms with Crippen molar-refractivity contribution in [2.45, 2.75) is 45.6 Å². The van der Waals surface area contributed by atoms with Crippen molar-refractivity contribution in [1.29, 1.82) is 0 Å². The topological polar surface area (TPSA) is 94.2 Å². The van der Waals surface area contributed by atoms with Gasteiger partial charge in [0.05, 0.1) is 18.5 Å². The molecule has 1 N–H and O–H groups in total. The molecule has 0 spiro atoms. The van der Waals surface area contributed by atoms with Crippen LogP contribution in [0, 0.1) is 0 Å². The zero-order chi connectivity index (χ0) is 25.5. The Morgan fingerprint density at radius 3 is 2.25 bits per heavy atom. The van der Waals surface area contributed by atoms with E-state index in [1.165, 1.54) is 0 Å². The lowest BCUT2D eigenvalue weighted by molar-refractivity contribution is 0.0697. The minimum absolute atomic E-state index is 0.101. The van der Waals surface area contributed by atoms with Crippen LogP contribution in [0.2, 0.25) is 0 Å². The molecule has 0 aliphatic carbocycles. The number of nitrogens with zero attached hydrogens (tertiary/aromatic N) is 3. The second kappa shape index (κ2) is 11.4. The van der Waals surface area contributed by atoms with Crippen LogP contribution in [0.15, 0.2) is 83.7 Å². The lowest BCUT2D eigenvalue weighted by Gasteiger charge is -2.09. The van der Waals surface area contributed by atoms with Gasteiger partial charge in [-0.1, -0.05) is 92.6 Å². The number of benzene rings is 3. The van der Waals surface area contributed by atoms with E-state index >= 15 is 0 Å².